The number of ether oxygens (including phenoxy) is 2. The molecule has 0 unspecified atom stereocenters. The fraction of sp³-hybridized carbons (Fsp3) is 0.444. The number of hydrogen-bond acceptors (Lipinski definition) is 6. The van der Waals surface area contributed by atoms with Crippen LogP contribution in [0.3, 0.4) is 0 Å². The van der Waals surface area contributed by atoms with E-state index >= 15 is 0 Å². The summed E-state index contributed by atoms with van der Waals surface area (Å²) < 4.78 is 10.8. The number of hydrogen-bond donors (Lipinski definition) is 0. The number of benzene rings is 1. The molecule has 134 valence electrons. The molecular formula is C18H23N3O4. The molecule has 1 heterocycles. The van der Waals surface area contributed by atoms with Crippen LogP contribution in [-0.2, 0) is 9.47 Å². The first-order valence-corrected chi connectivity index (χ1v) is 8.04. The average Bonchev–Trinajstić information content (AvgIpc) is 2.60. The number of nitro benzene ring substituents is 1. The van der Waals surface area contributed by atoms with E-state index < -0.39 is 11.0 Å². The number of para-hydroxylation sites is 1. The van der Waals surface area contributed by atoms with E-state index in [1.807, 2.05) is 13.8 Å². The van der Waals surface area contributed by atoms with E-state index in [1.54, 1.807) is 32.4 Å². The molecule has 1 aliphatic rings. The summed E-state index contributed by atoms with van der Waals surface area (Å²) in [7, 11) is 3.11. The van der Waals surface area contributed by atoms with Crippen molar-refractivity contribution < 1.29 is 14.4 Å². The molecule has 0 fully saturated rings. The number of methoxy groups -OCH3 is 2. The van der Waals surface area contributed by atoms with Gasteiger partial charge in [-0.2, -0.15) is 0 Å². The molecule has 7 heteroatoms. The topological polar surface area (TPSA) is 86.3 Å². The first-order valence-electron chi connectivity index (χ1n) is 8.04. The van der Waals surface area contributed by atoms with E-state index in [-0.39, 0.29) is 17.6 Å². The molecule has 0 radical (unpaired) electrons. The van der Waals surface area contributed by atoms with Gasteiger partial charge in [0.2, 0.25) is 11.8 Å². The summed E-state index contributed by atoms with van der Waals surface area (Å²) in [4.78, 5) is 20.0. The zero-order valence-electron chi connectivity index (χ0n) is 14.9. The standard InChI is InChI=1S/C18H23N3O4/c1-11(2)16-18(25-5)19-14(17(20-16)24-4)10-12(3)13-8-6-7-9-15(13)21(22)23/h6-9,11,14,16H,3,10H2,1-2,4-5H3/t14-,16+/m0/s1. The summed E-state index contributed by atoms with van der Waals surface area (Å²) in [5.41, 5.74) is 1.11. The van der Waals surface area contributed by atoms with Gasteiger partial charge in [-0.25, -0.2) is 9.98 Å². The highest BCUT2D eigenvalue weighted by Gasteiger charge is 2.31. The van der Waals surface area contributed by atoms with Crippen molar-refractivity contribution in [1.82, 2.24) is 0 Å². The second kappa shape index (κ2) is 7.92. The van der Waals surface area contributed by atoms with Gasteiger partial charge in [-0.05, 0) is 17.6 Å². The van der Waals surface area contributed by atoms with Crippen molar-refractivity contribution in [2.75, 3.05) is 14.2 Å². The lowest BCUT2D eigenvalue weighted by Gasteiger charge is -2.27. The predicted molar refractivity (Wildman–Crippen MR) is 98.0 cm³/mol. The Bertz CT molecular complexity index is 725. The summed E-state index contributed by atoms with van der Waals surface area (Å²) >= 11 is 0. The van der Waals surface area contributed by atoms with E-state index in [9.17, 15) is 10.1 Å². The van der Waals surface area contributed by atoms with Crippen molar-refractivity contribution >= 4 is 23.1 Å². The summed E-state index contributed by atoms with van der Waals surface area (Å²) in [6.07, 6.45) is 0.356. The van der Waals surface area contributed by atoms with Gasteiger partial charge < -0.3 is 9.47 Å². The lowest BCUT2D eigenvalue weighted by Crippen LogP contribution is -2.37. The lowest BCUT2D eigenvalue weighted by atomic mass is 9.97. The van der Waals surface area contributed by atoms with Crippen LogP contribution in [0.25, 0.3) is 5.57 Å². The predicted octanol–water partition coefficient (Wildman–Crippen LogP) is 3.49. The number of nitro groups is 1. The maximum absolute atomic E-state index is 11.2. The fourth-order valence-electron chi connectivity index (χ4n) is 2.77. The Kier molecular flexibility index (Phi) is 5.90. The highest BCUT2D eigenvalue weighted by Crippen LogP contribution is 2.30. The molecule has 25 heavy (non-hydrogen) atoms. The number of rotatable bonds is 5. The average molecular weight is 345 g/mol. The van der Waals surface area contributed by atoms with E-state index in [1.165, 1.54) is 6.07 Å². The van der Waals surface area contributed by atoms with Crippen molar-refractivity contribution in [3.8, 4) is 0 Å². The van der Waals surface area contributed by atoms with Crippen LogP contribution in [0, 0.1) is 16.0 Å². The molecule has 0 aliphatic carbocycles. The molecule has 2 atom stereocenters. The number of nitrogens with zero attached hydrogens (tertiary/aromatic N) is 3. The van der Waals surface area contributed by atoms with Crippen LogP contribution < -0.4 is 0 Å². The van der Waals surface area contributed by atoms with Crippen molar-refractivity contribution in [3.63, 3.8) is 0 Å². The maximum atomic E-state index is 11.2. The van der Waals surface area contributed by atoms with Crippen LogP contribution in [0.4, 0.5) is 5.69 Å². The van der Waals surface area contributed by atoms with Gasteiger partial charge in [-0.1, -0.05) is 32.6 Å². The van der Waals surface area contributed by atoms with Crippen LogP contribution in [0.2, 0.25) is 0 Å². The molecule has 1 aliphatic heterocycles. The lowest BCUT2D eigenvalue weighted by molar-refractivity contribution is -0.385. The van der Waals surface area contributed by atoms with Crippen LogP contribution in [0.5, 0.6) is 0 Å². The first-order chi connectivity index (χ1) is 11.9. The van der Waals surface area contributed by atoms with Crippen molar-refractivity contribution in [2.45, 2.75) is 32.4 Å². The largest absolute Gasteiger partial charge is 0.483 e. The summed E-state index contributed by atoms with van der Waals surface area (Å²) in [5.74, 6) is 1.23. The quantitative estimate of drug-likeness (QED) is 0.604. The van der Waals surface area contributed by atoms with Crippen LogP contribution >= 0.6 is 0 Å². The van der Waals surface area contributed by atoms with Gasteiger partial charge in [0, 0.05) is 12.5 Å². The van der Waals surface area contributed by atoms with Crippen molar-refractivity contribution in [3.05, 3.63) is 46.5 Å². The van der Waals surface area contributed by atoms with E-state index in [0.29, 0.717) is 29.4 Å². The van der Waals surface area contributed by atoms with Gasteiger partial charge in [0.25, 0.3) is 5.69 Å². The van der Waals surface area contributed by atoms with Gasteiger partial charge in [0.15, 0.2) is 0 Å². The summed E-state index contributed by atoms with van der Waals surface area (Å²) in [6.45, 7) is 8.07. The van der Waals surface area contributed by atoms with Gasteiger partial charge in [-0.15, -0.1) is 0 Å². The third-order valence-corrected chi connectivity index (χ3v) is 4.06. The second-order valence-electron chi connectivity index (χ2n) is 6.13. The molecule has 0 amide bonds. The van der Waals surface area contributed by atoms with Crippen molar-refractivity contribution in [1.29, 1.82) is 0 Å². The third-order valence-electron chi connectivity index (χ3n) is 4.06. The first kappa shape index (κ1) is 18.6. The minimum atomic E-state index is -0.415. The monoisotopic (exact) mass is 345 g/mol. The minimum absolute atomic E-state index is 0.0233. The highest BCUT2D eigenvalue weighted by molar-refractivity contribution is 5.95. The molecule has 0 bridgehead atoms. The molecule has 0 spiro atoms. The van der Waals surface area contributed by atoms with Crippen LogP contribution in [0.1, 0.15) is 25.8 Å². The highest BCUT2D eigenvalue weighted by atomic mass is 16.6. The smallest absolute Gasteiger partial charge is 0.276 e. The van der Waals surface area contributed by atoms with Gasteiger partial charge >= 0.3 is 0 Å². The molecule has 1 aromatic rings. The minimum Gasteiger partial charge on any atom is -0.483 e. The second-order valence-corrected chi connectivity index (χ2v) is 6.13. The Morgan fingerprint density at radius 1 is 1.24 bits per heavy atom. The van der Waals surface area contributed by atoms with Crippen LogP contribution in [0.15, 0.2) is 40.8 Å². The van der Waals surface area contributed by atoms with Gasteiger partial charge in [0.05, 0.1) is 24.7 Å². The Hall–Kier alpha value is -2.70. The molecule has 0 saturated carbocycles. The molecular weight excluding hydrogens is 322 g/mol. The van der Waals surface area contributed by atoms with Crippen LogP contribution in [-0.4, -0.2) is 43.0 Å². The third kappa shape index (κ3) is 4.04. The Morgan fingerprint density at radius 2 is 1.88 bits per heavy atom. The summed E-state index contributed by atoms with van der Waals surface area (Å²) in [5, 5.41) is 11.2. The molecule has 0 aromatic heterocycles. The molecule has 7 nitrogen and oxygen atoms in total. The Balaban J connectivity index is 2.30. The zero-order chi connectivity index (χ0) is 18.6. The molecule has 2 rings (SSSR count). The Labute approximate surface area is 147 Å². The van der Waals surface area contributed by atoms with E-state index in [0.717, 1.165) is 0 Å². The SMILES string of the molecule is C=C(C[C@@H]1N=C(OC)[C@@H](C(C)C)N=C1OC)c1ccccc1[N+](=O)[O-]. The van der Waals surface area contributed by atoms with Gasteiger partial charge in [0.1, 0.15) is 12.1 Å². The summed E-state index contributed by atoms with van der Waals surface area (Å²) in [6, 6.07) is 5.92. The Morgan fingerprint density at radius 3 is 2.44 bits per heavy atom. The normalized spacial score (nSPS) is 19.9. The van der Waals surface area contributed by atoms with Crippen molar-refractivity contribution in [2.24, 2.45) is 15.9 Å². The molecule has 1 aromatic carbocycles. The fourth-order valence-corrected chi connectivity index (χ4v) is 2.77. The van der Waals surface area contributed by atoms with Gasteiger partial charge in [-0.3, -0.25) is 10.1 Å². The maximum Gasteiger partial charge on any atom is 0.276 e. The van der Waals surface area contributed by atoms with E-state index in [4.69, 9.17) is 9.47 Å². The van der Waals surface area contributed by atoms with E-state index in [2.05, 4.69) is 16.6 Å². The number of aliphatic imine (C=N–C) groups is 2. The molecule has 0 N–H and O–H groups in total. The molecule has 0 saturated heterocycles. The zero-order valence-corrected chi connectivity index (χ0v) is 14.9.